The van der Waals surface area contributed by atoms with Crippen molar-refractivity contribution in [3.05, 3.63) is 94.6 Å². The third kappa shape index (κ3) is 9.46. The first kappa shape index (κ1) is 31.3. The molecule has 0 radical (unpaired) electrons. The van der Waals surface area contributed by atoms with Crippen LogP contribution < -0.4 is 0 Å². The molecule has 1 aliphatic carbocycles. The minimum atomic E-state index is -0.689. The monoisotopic (exact) mass is 548 g/mol. The third-order valence-electron chi connectivity index (χ3n) is 7.76. The fourth-order valence-corrected chi connectivity index (χ4v) is 5.10. The number of benzene rings is 2. The van der Waals surface area contributed by atoms with Crippen molar-refractivity contribution in [3.8, 4) is 0 Å². The van der Waals surface area contributed by atoms with Crippen LogP contribution in [0.25, 0.3) is 0 Å². The molecule has 0 saturated carbocycles. The molecule has 0 bridgehead atoms. The first-order chi connectivity index (χ1) is 19.3. The lowest BCUT2D eigenvalue weighted by Gasteiger charge is -2.26. The molecule has 1 unspecified atom stereocenters. The van der Waals surface area contributed by atoms with Crippen LogP contribution in [0.2, 0.25) is 0 Å². The Morgan fingerprint density at radius 3 is 2.05 bits per heavy atom. The van der Waals surface area contributed by atoms with Crippen LogP contribution in [0.5, 0.6) is 0 Å². The van der Waals surface area contributed by atoms with E-state index in [2.05, 4.69) is 56.5 Å². The topological polar surface area (TPSA) is 93.1 Å². The van der Waals surface area contributed by atoms with Crippen LogP contribution in [0.1, 0.15) is 72.8 Å². The van der Waals surface area contributed by atoms with Crippen LogP contribution in [-0.2, 0) is 44.7 Å². The zero-order valence-electron chi connectivity index (χ0n) is 23.8. The van der Waals surface area contributed by atoms with E-state index in [1.54, 1.807) is 0 Å². The minimum absolute atomic E-state index is 0.0322. The molecular weight excluding hydrogens is 504 g/mol. The summed E-state index contributed by atoms with van der Waals surface area (Å²) in [6.07, 6.45) is 10.3. The lowest BCUT2D eigenvalue weighted by atomic mass is 9.80. The highest BCUT2D eigenvalue weighted by Gasteiger charge is 2.23. The van der Waals surface area contributed by atoms with Crippen molar-refractivity contribution in [3.63, 3.8) is 0 Å². The number of carbonyl (C=O) groups excluding carboxylic acids is 2. The molecule has 2 N–H and O–H groups in total. The molecule has 0 fully saturated rings. The molecule has 0 spiro atoms. The largest absolute Gasteiger partial charge is 0.461 e. The van der Waals surface area contributed by atoms with E-state index in [-0.39, 0.29) is 24.4 Å². The normalized spacial score (nSPS) is 14.4. The Kier molecular flexibility index (Phi) is 12.6. The van der Waals surface area contributed by atoms with Gasteiger partial charge in [0.1, 0.15) is 13.2 Å². The van der Waals surface area contributed by atoms with Crippen LogP contribution in [-0.4, -0.2) is 48.6 Å². The summed E-state index contributed by atoms with van der Waals surface area (Å²) in [7, 11) is 0. The summed E-state index contributed by atoms with van der Waals surface area (Å²) in [5, 5.41) is 18.3. The zero-order valence-corrected chi connectivity index (χ0v) is 23.8. The summed E-state index contributed by atoms with van der Waals surface area (Å²) in [5.74, 6) is -1.15. The van der Waals surface area contributed by atoms with E-state index in [0.29, 0.717) is 5.92 Å². The predicted molar refractivity (Wildman–Crippen MR) is 157 cm³/mol. The molecule has 6 nitrogen and oxygen atoms in total. The Morgan fingerprint density at radius 2 is 1.48 bits per heavy atom. The maximum absolute atomic E-state index is 12.1. The number of unbranched alkanes of at least 4 members (excludes halogenated alkanes) is 2. The van der Waals surface area contributed by atoms with Crippen LogP contribution in [0.3, 0.4) is 0 Å². The van der Waals surface area contributed by atoms with E-state index in [4.69, 9.17) is 19.7 Å². The van der Waals surface area contributed by atoms with E-state index >= 15 is 0 Å². The van der Waals surface area contributed by atoms with Crippen LogP contribution in [0.15, 0.2) is 66.8 Å². The lowest BCUT2D eigenvalue weighted by Crippen LogP contribution is -2.22. The molecule has 6 heteroatoms. The number of rotatable bonds is 16. The van der Waals surface area contributed by atoms with Gasteiger partial charge >= 0.3 is 11.9 Å². The van der Waals surface area contributed by atoms with E-state index < -0.39 is 31.1 Å². The zero-order chi connectivity index (χ0) is 28.9. The van der Waals surface area contributed by atoms with Gasteiger partial charge in [-0.3, -0.25) is 0 Å². The number of aliphatic hydroxyl groups is 2. The Morgan fingerprint density at radius 1 is 0.875 bits per heavy atom. The number of fused-ring (bicyclic) bond motifs is 1. The quantitative estimate of drug-likeness (QED) is 0.165. The molecule has 40 heavy (non-hydrogen) atoms. The highest BCUT2D eigenvalue weighted by molar-refractivity contribution is 5.88. The molecule has 0 aromatic heterocycles. The minimum Gasteiger partial charge on any atom is -0.461 e. The van der Waals surface area contributed by atoms with Gasteiger partial charge in [-0.1, -0.05) is 75.4 Å². The number of ether oxygens (including phenoxy) is 2. The number of aliphatic hydroxyl groups excluding tert-OH is 2. The molecule has 2 aromatic rings. The number of carbonyl (C=O) groups is 2. The highest BCUT2D eigenvalue weighted by Crippen LogP contribution is 2.31. The number of aryl methyl sites for hydroxylation is 3. The van der Waals surface area contributed by atoms with E-state index in [9.17, 15) is 9.59 Å². The van der Waals surface area contributed by atoms with Crippen molar-refractivity contribution in [2.45, 2.75) is 70.6 Å². The first-order valence-corrected chi connectivity index (χ1v) is 14.5. The fraction of sp³-hybridized carbons (Fsp3) is 0.471. The Hall–Kier alpha value is -3.22. The number of esters is 2. The van der Waals surface area contributed by atoms with Crippen molar-refractivity contribution < 1.29 is 29.3 Å². The lowest BCUT2D eigenvalue weighted by molar-refractivity contribution is -0.142. The van der Waals surface area contributed by atoms with E-state index in [1.165, 1.54) is 41.5 Å². The summed E-state index contributed by atoms with van der Waals surface area (Å²) < 4.78 is 10.7. The van der Waals surface area contributed by atoms with Gasteiger partial charge in [0, 0.05) is 0 Å². The van der Waals surface area contributed by atoms with Crippen molar-refractivity contribution in [1.82, 2.24) is 0 Å². The molecule has 2 aromatic carbocycles. The molecule has 1 atom stereocenters. The van der Waals surface area contributed by atoms with Gasteiger partial charge < -0.3 is 19.7 Å². The molecule has 0 aliphatic heterocycles. The molecule has 1 aliphatic rings. The second-order valence-electron chi connectivity index (χ2n) is 10.9. The Balaban J connectivity index is 1.60. The van der Waals surface area contributed by atoms with Crippen LogP contribution in [0.4, 0.5) is 0 Å². The average Bonchev–Trinajstić information content (AvgIpc) is 2.99. The maximum atomic E-state index is 12.1. The molecule has 0 amide bonds. The van der Waals surface area contributed by atoms with Gasteiger partial charge in [0.2, 0.25) is 0 Å². The summed E-state index contributed by atoms with van der Waals surface area (Å²) in [6, 6.07) is 15.4. The molecule has 0 heterocycles. The summed E-state index contributed by atoms with van der Waals surface area (Å²) in [4.78, 5) is 24.1. The summed E-state index contributed by atoms with van der Waals surface area (Å²) >= 11 is 0. The van der Waals surface area contributed by atoms with Gasteiger partial charge in [-0.15, -0.1) is 0 Å². The average molecular weight is 549 g/mol. The highest BCUT2D eigenvalue weighted by atomic mass is 16.5. The van der Waals surface area contributed by atoms with Crippen molar-refractivity contribution in [2.75, 3.05) is 26.4 Å². The molecule has 216 valence electrons. The van der Waals surface area contributed by atoms with Gasteiger partial charge in [0.25, 0.3) is 0 Å². The van der Waals surface area contributed by atoms with Crippen molar-refractivity contribution >= 4 is 11.9 Å². The van der Waals surface area contributed by atoms with Crippen molar-refractivity contribution in [2.24, 2.45) is 5.92 Å². The first-order valence-electron chi connectivity index (χ1n) is 14.5. The second kappa shape index (κ2) is 16.1. The summed E-state index contributed by atoms with van der Waals surface area (Å²) in [5.41, 5.74) is 6.27. The van der Waals surface area contributed by atoms with Crippen LogP contribution in [0, 0.1) is 5.92 Å². The fourth-order valence-electron chi connectivity index (χ4n) is 5.10. The number of hydrogen-bond acceptors (Lipinski definition) is 6. The van der Waals surface area contributed by atoms with E-state index in [1.807, 2.05) is 6.07 Å². The standard InChI is InChI=1S/C34H44O6/c1-4-5-6-7-26-8-10-27(11-9-26)12-13-28-14-15-30-19-31(17-16-29(30)18-28)32(22-39-33(37)24(2)20-35)23-40-34(38)25(3)21-36/h8-11,16-17,19,28,32,35-36H,2-7,12-15,18,20-23H2,1H3. The maximum Gasteiger partial charge on any atom is 0.335 e. The van der Waals surface area contributed by atoms with Crippen LogP contribution >= 0.6 is 0 Å². The smallest absolute Gasteiger partial charge is 0.335 e. The SMILES string of the molecule is C=C(CO)C(=O)OCC(COC(=O)C(=C)CO)c1ccc2c(c1)CCC(CCc1ccc(CCCCC)cc1)C2. The van der Waals surface area contributed by atoms with Gasteiger partial charge in [0.15, 0.2) is 0 Å². The summed E-state index contributed by atoms with van der Waals surface area (Å²) in [6.45, 7) is 8.20. The third-order valence-corrected chi connectivity index (χ3v) is 7.76. The van der Waals surface area contributed by atoms with E-state index in [0.717, 1.165) is 44.1 Å². The number of hydrogen-bond donors (Lipinski definition) is 2. The molecule has 0 saturated heterocycles. The Bertz CT molecular complexity index is 1120. The second-order valence-corrected chi connectivity index (χ2v) is 10.9. The molecular formula is C34H44O6. The van der Waals surface area contributed by atoms with Gasteiger partial charge in [-0.25, -0.2) is 9.59 Å². The van der Waals surface area contributed by atoms with Gasteiger partial charge in [-0.05, 0) is 78.7 Å². The Labute approximate surface area is 238 Å². The van der Waals surface area contributed by atoms with Gasteiger partial charge in [0.05, 0.1) is 30.3 Å². The molecule has 3 rings (SSSR count). The van der Waals surface area contributed by atoms with Gasteiger partial charge in [-0.2, -0.15) is 0 Å². The van der Waals surface area contributed by atoms with Crippen molar-refractivity contribution in [1.29, 1.82) is 0 Å². The predicted octanol–water partition coefficient (Wildman–Crippen LogP) is 5.42.